The maximum Gasteiger partial charge on any atom is 0.120 e. The Labute approximate surface area is 122 Å². The highest BCUT2D eigenvalue weighted by molar-refractivity contribution is 5.31. The van der Waals surface area contributed by atoms with Crippen molar-refractivity contribution in [3.05, 3.63) is 29.8 Å². The second kappa shape index (κ2) is 7.65. The molecule has 3 heteroatoms. The van der Waals surface area contributed by atoms with Gasteiger partial charge in [-0.15, -0.1) is 0 Å². The Morgan fingerprint density at radius 1 is 1.30 bits per heavy atom. The quantitative estimate of drug-likeness (QED) is 0.746. The maximum atomic E-state index is 5.90. The minimum absolute atomic E-state index is 0.192. The molecule has 1 aromatic rings. The van der Waals surface area contributed by atoms with E-state index in [1.165, 1.54) is 18.4 Å². The summed E-state index contributed by atoms with van der Waals surface area (Å²) in [7, 11) is 1.79. The molecule has 1 fully saturated rings. The van der Waals surface area contributed by atoms with Crippen LogP contribution in [-0.4, -0.2) is 25.9 Å². The lowest BCUT2D eigenvalue weighted by Gasteiger charge is -2.27. The zero-order chi connectivity index (χ0) is 14.4. The van der Waals surface area contributed by atoms with Crippen LogP contribution in [0.5, 0.6) is 5.75 Å². The van der Waals surface area contributed by atoms with Crippen LogP contribution in [0.25, 0.3) is 0 Å². The minimum Gasteiger partial charge on any atom is -0.490 e. The summed E-state index contributed by atoms with van der Waals surface area (Å²) in [5, 5.41) is 3.60. The van der Waals surface area contributed by atoms with E-state index in [0.29, 0.717) is 6.10 Å². The summed E-state index contributed by atoms with van der Waals surface area (Å²) < 4.78 is 11.5. The van der Waals surface area contributed by atoms with E-state index in [0.717, 1.165) is 25.1 Å². The van der Waals surface area contributed by atoms with Crippen LogP contribution < -0.4 is 10.1 Å². The van der Waals surface area contributed by atoms with Gasteiger partial charge >= 0.3 is 0 Å². The molecule has 2 atom stereocenters. The minimum atomic E-state index is 0.192. The van der Waals surface area contributed by atoms with Crippen LogP contribution in [0.2, 0.25) is 0 Å². The monoisotopic (exact) mass is 277 g/mol. The van der Waals surface area contributed by atoms with Crippen molar-refractivity contribution < 1.29 is 9.47 Å². The largest absolute Gasteiger partial charge is 0.490 e. The van der Waals surface area contributed by atoms with Crippen LogP contribution in [0.3, 0.4) is 0 Å². The fourth-order valence-electron chi connectivity index (χ4n) is 2.46. The molecule has 1 aliphatic rings. The Hall–Kier alpha value is -1.06. The molecule has 0 spiro atoms. The maximum absolute atomic E-state index is 5.90. The summed E-state index contributed by atoms with van der Waals surface area (Å²) >= 11 is 0. The van der Waals surface area contributed by atoms with Gasteiger partial charge in [0, 0.05) is 7.11 Å². The molecule has 1 aromatic carbocycles. The first kappa shape index (κ1) is 15.3. The number of methoxy groups -OCH3 is 1. The second-order valence-corrected chi connectivity index (χ2v) is 5.50. The smallest absolute Gasteiger partial charge is 0.120 e. The molecular weight excluding hydrogens is 250 g/mol. The number of benzene rings is 1. The molecule has 0 heterocycles. The second-order valence-electron chi connectivity index (χ2n) is 5.50. The Balaban J connectivity index is 2.12. The molecule has 0 aliphatic heterocycles. The van der Waals surface area contributed by atoms with Gasteiger partial charge in [0.2, 0.25) is 0 Å². The molecule has 3 nitrogen and oxygen atoms in total. The van der Waals surface area contributed by atoms with Gasteiger partial charge in [0.1, 0.15) is 5.75 Å². The number of hydrogen-bond acceptors (Lipinski definition) is 3. The summed E-state index contributed by atoms with van der Waals surface area (Å²) in [6.45, 7) is 5.35. The Kier molecular flexibility index (Phi) is 5.86. The third-order valence-corrected chi connectivity index (χ3v) is 3.74. The molecular formula is C17H27NO2. The van der Waals surface area contributed by atoms with Crippen LogP contribution in [0, 0.1) is 0 Å². The zero-order valence-corrected chi connectivity index (χ0v) is 12.9. The highest BCUT2D eigenvalue weighted by atomic mass is 16.5. The summed E-state index contributed by atoms with van der Waals surface area (Å²) in [4.78, 5) is 0. The topological polar surface area (TPSA) is 30.5 Å². The first-order valence-electron chi connectivity index (χ1n) is 7.81. The number of rotatable bonds is 9. The lowest BCUT2D eigenvalue weighted by molar-refractivity contribution is 0.0650. The van der Waals surface area contributed by atoms with E-state index in [2.05, 4.69) is 37.4 Å². The van der Waals surface area contributed by atoms with Gasteiger partial charge in [-0.05, 0) is 49.9 Å². The van der Waals surface area contributed by atoms with Crippen LogP contribution >= 0.6 is 0 Å². The van der Waals surface area contributed by atoms with Gasteiger partial charge in [-0.3, -0.25) is 0 Å². The van der Waals surface area contributed by atoms with E-state index in [-0.39, 0.29) is 12.1 Å². The molecule has 20 heavy (non-hydrogen) atoms. The van der Waals surface area contributed by atoms with Crippen molar-refractivity contribution in [2.75, 3.05) is 13.7 Å². The van der Waals surface area contributed by atoms with E-state index in [1.54, 1.807) is 7.11 Å². The van der Waals surface area contributed by atoms with Crippen molar-refractivity contribution >= 4 is 0 Å². The molecule has 0 aromatic heterocycles. The van der Waals surface area contributed by atoms with Crippen molar-refractivity contribution in [3.8, 4) is 5.75 Å². The molecule has 1 saturated carbocycles. The number of nitrogens with one attached hydrogen (secondary N) is 1. The molecule has 1 aliphatic carbocycles. The number of ether oxygens (including phenoxy) is 2. The molecule has 112 valence electrons. The molecule has 0 amide bonds. The first-order chi connectivity index (χ1) is 9.78. The molecule has 0 bridgehead atoms. The van der Waals surface area contributed by atoms with Crippen molar-refractivity contribution in [2.45, 2.75) is 57.8 Å². The van der Waals surface area contributed by atoms with E-state index >= 15 is 0 Å². The Morgan fingerprint density at radius 2 is 2.10 bits per heavy atom. The van der Waals surface area contributed by atoms with E-state index in [1.807, 2.05) is 6.07 Å². The fraction of sp³-hybridized carbons (Fsp3) is 0.647. The predicted octanol–water partition coefficient (Wildman–Crippen LogP) is 3.69. The summed E-state index contributed by atoms with van der Waals surface area (Å²) in [5.74, 6) is 0.985. The van der Waals surface area contributed by atoms with E-state index < -0.39 is 0 Å². The average molecular weight is 277 g/mol. The third-order valence-electron chi connectivity index (χ3n) is 3.74. The molecule has 2 rings (SSSR count). The molecule has 1 N–H and O–H groups in total. The molecule has 0 saturated heterocycles. The number of hydrogen-bond donors (Lipinski definition) is 1. The molecule has 0 radical (unpaired) electrons. The van der Waals surface area contributed by atoms with Crippen molar-refractivity contribution in [1.82, 2.24) is 5.32 Å². The highest BCUT2D eigenvalue weighted by Gasteiger charge is 2.25. The van der Waals surface area contributed by atoms with Gasteiger partial charge in [0.05, 0.1) is 18.2 Å². The lowest BCUT2D eigenvalue weighted by Crippen LogP contribution is -2.33. The van der Waals surface area contributed by atoms with Gasteiger partial charge in [-0.2, -0.15) is 0 Å². The fourth-order valence-corrected chi connectivity index (χ4v) is 2.46. The summed E-state index contributed by atoms with van der Waals surface area (Å²) in [6, 6.07) is 8.68. The average Bonchev–Trinajstić information content (AvgIpc) is 3.28. The standard InChI is InChI=1S/C17H27NO2/c1-4-11-18-17(16(5-2)19-3)13-7-6-8-15(12-13)20-14-9-10-14/h6-8,12,14,16-18H,4-5,9-11H2,1-3H3. The van der Waals surface area contributed by atoms with Crippen LogP contribution in [-0.2, 0) is 4.74 Å². The van der Waals surface area contributed by atoms with Crippen LogP contribution in [0.4, 0.5) is 0 Å². The van der Waals surface area contributed by atoms with E-state index in [9.17, 15) is 0 Å². The van der Waals surface area contributed by atoms with Crippen LogP contribution in [0.1, 0.15) is 51.1 Å². The summed E-state index contributed by atoms with van der Waals surface area (Å²) in [6.07, 6.45) is 5.13. The van der Waals surface area contributed by atoms with Gasteiger partial charge < -0.3 is 14.8 Å². The van der Waals surface area contributed by atoms with E-state index in [4.69, 9.17) is 9.47 Å². The van der Waals surface area contributed by atoms with Gasteiger partial charge in [0.15, 0.2) is 0 Å². The Morgan fingerprint density at radius 3 is 2.70 bits per heavy atom. The predicted molar refractivity (Wildman–Crippen MR) is 82.2 cm³/mol. The lowest BCUT2D eigenvalue weighted by atomic mass is 9.99. The van der Waals surface area contributed by atoms with Crippen molar-refractivity contribution in [3.63, 3.8) is 0 Å². The zero-order valence-electron chi connectivity index (χ0n) is 12.9. The highest BCUT2D eigenvalue weighted by Crippen LogP contribution is 2.29. The Bertz CT molecular complexity index is 400. The molecule has 2 unspecified atom stereocenters. The van der Waals surface area contributed by atoms with Crippen LogP contribution in [0.15, 0.2) is 24.3 Å². The SMILES string of the molecule is CCCNC(c1cccc(OC2CC2)c1)C(CC)OC. The summed E-state index contributed by atoms with van der Waals surface area (Å²) in [5.41, 5.74) is 1.25. The van der Waals surface area contributed by atoms with Gasteiger partial charge in [0.25, 0.3) is 0 Å². The third kappa shape index (κ3) is 4.22. The van der Waals surface area contributed by atoms with Crippen molar-refractivity contribution in [1.29, 1.82) is 0 Å². The normalized spacial score (nSPS) is 17.8. The van der Waals surface area contributed by atoms with Gasteiger partial charge in [-0.1, -0.05) is 26.0 Å². The van der Waals surface area contributed by atoms with Gasteiger partial charge in [-0.25, -0.2) is 0 Å². The first-order valence-corrected chi connectivity index (χ1v) is 7.81. The van der Waals surface area contributed by atoms with Crippen molar-refractivity contribution in [2.24, 2.45) is 0 Å².